The van der Waals surface area contributed by atoms with Crippen LogP contribution in [0.2, 0.25) is 16.6 Å². The van der Waals surface area contributed by atoms with E-state index < -0.39 is 25.9 Å². The molecular weight excluding hydrogens is 500 g/mol. The number of carbonyl (C=O) groups is 1. The number of hydrogen-bond acceptors (Lipinski definition) is 7. The predicted molar refractivity (Wildman–Crippen MR) is 151 cm³/mol. The van der Waals surface area contributed by atoms with Crippen molar-refractivity contribution in [2.45, 2.75) is 89.3 Å². The summed E-state index contributed by atoms with van der Waals surface area (Å²) in [5.41, 5.74) is 2.79. The fourth-order valence-corrected chi connectivity index (χ4v) is 13.2. The van der Waals surface area contributed by atoms with Gasteiger partial charge in [-0.1, -0.05) is 47.6 Å². The second-order valence-electron chi connectivity index (χ2n) is 11.6. The van der Waals surface area contributed by atoms with Crippen molar-refractivity contribution >= 4 is 14.1 Å². The van der Waals surface area contributed by atoms with E-state index >= 15 is 0 Å². The molecule has 0 unspecified atom stereocenters. The average Bonchev–Trinajstić information content (AvgIpc) is 2.89. The summed E-state index contributed by atoms with van der Waals surface area (Å²) in [7, 11) is 5.80. The lowest BCUT2D eigenvalue weighted by molar-refractivity contribution is -0.290. The van der Waals surface area contributed by atoms with E-state index in [0.717, 1.165) is 5.56 Å². The maximum atomic E-state index is 13.8. The minimum atomic E-state index is -2.32. The van der Waals surface area contributed by atoms with Crippen LogP contribution in [0.1, 0.15) is 66.4 Å². The van der Waals surface area contributed by atoms with E-state index in [1.165, 1.54) is 0 Å². The molecule has 0 spiro atoms. The van der Waals surface area contributed by atoms with Crippen LogP contribution in [0.5, 0.6) is 11.5 Å². The van der Waals surface area contributed by atoms with Crippen LogP contribution >= 0.6 is 0 Å². The first-order chi connectivity index (χ1) is 17.9. The van der Waals surface area contributed by atoms with E-state index in [1.807, 2.05) is 19.1 Å². The molecule has 1 aromatic carbocycles. The molecule has 1 saturated carbocycles. The van der Waals surface area contributed by atoms with Gasteiger partial charge in [0, 0.05) is 25.7 Å². The summed E-state index contributed by atoms with van der Waals surface area (Å²) >= 11 is 0. The predicted octanol–water partition coefficient (Wildman–Crippen LogP) is 6.48. The zero-order valence-corrected chi connectivity index (χ0v) is 26.3. The Morgan fingerprint density at radius 3 is 1.84 bits per heavy atom. The van der Waals surface area contributed by atoms with Gasteiger partial charge in [0.1, 0.15) is 5.76 Å². The number of carbonyl (C=O) groups excluding carboxylic acids is 1. The Hall–Kier alpha value is -1.87. The third-order valence-corrected chi connectivity index (χ3v) is 15.3. The lowest BCUT2D eigenvalue weighted by atomic mass is 9.59. The standard InChI is InChI=1S/C30H48O7Si/c1-17(2)38(18(3)4,19(5)6)37-25-16-22-28(31)20(7)29(34-10)27(30(22,35-11)36-12)26(25)21-13-14-23(32-8)24(15-21)33-9/h13-15,17-19,22,25-27H,16H2,1-12H3/t22-,25-,26+,27-/m0/s1. The van der Waals surface area contributed by atoms with Crippen molar-refractivity contribution in [2.24, 2.45) is 11.8 Å². The Morgan fingerprint density at radius 1 is 0.842 bits per heavy atom. The first kappa shape index (κ1) is 30.7. The summed E-state index contributed by atoms with van der Waals surface area (Å²) in [5.74, 6) is -0.440. The van der Waals surface area contributed by atoms with Gasteiger partial charge in [-0.2, -0.15) is 0 Å². The third-order valence-electron chi connectivity index (χ3n) is 9.20. The van der Waals surface area contributed by atoms with Gasteiger partial charge in [-0.3, -0.25) is 4.79 Å². The second kappa shape index (κ2) is 11.7. The molecule has 1 aromatic rings. The fraction of sp³-hybridized carbons (Fsp3) is 0.700. The highest BCUT2D eigenvalue weighted by atomic mass is 28.4. The molecule has 0 heterocycles. The van der Waals surface area contributed by atoms with Crippen molar-refractivity contribution in [3.8, 4) is 11.5 Å². The Balaban J connectivity index is 2.35. The molecule has 2 bridgehead atoms. The molecule has 0 radical (unpaired) electrons. The average molecular weight is 549 g/mol. The Labute approximate surface area is 230 Å². The van der Waals surface area contributed by atoms with Gasteiger partial charge in [-0.05, 0) is 47.7 Å². The quantitative estimate of drug-likeness (QED) is 0.232. The summed E-state index contributed by atoms with van der Waals surface area (Å²) in [6, 6.07) is 5.99. The monoisotopic (exact) mass is 548 g/mol. The van der Waals surface area contributed by atoms with E-state index in [1.54, 1.807) is 35.5 Å². The van der Waals surface area contributed by atoms with Crippen LogP contribution in [-0.4, -0.2) is 61.5 Å². The number of benzene rings is 1. The van der Waals surface area contributed by atoms with E-state index in [9.17, 15) is 4.79 Å². The number of allylic oxidation sites excluding steroid dienone is 1. The number of methoxy groups -OCH3 is 5. The lowest BCUT2D eigenvalue weighted by Gasteiger charge is -2.57. The molecule has 38 heavy (non-hydrogen) atoms. The maximum absolute atomic E-state index is 13.8. The minimum Gasteiger partial charge on any atom is -0.500 e. The van der Waals surface area contributed by atoms with Gasteiger partial charge in [0.15, 0.2) is 23.1 Å². The number of ketones is 1. The van der Waals surface area contributed by atoms with Crippen LogP contribution in [0.15, 0.2) is 29.5 Å². The zero-order chi connectivity index (χ0) is 28.6. The van der Waals surface area contributed by atoms with Crippen molar-refractivity contribution in [2.75, 3.05) is 35.5 Å². The minimum absolute atomic E-state index is 0.00734. The second-order valence-corrected chi connectivity index (χ2v) is 17.0. The number of rotatable bonds is 11. The van der Waals surface area contributed by atoms with E-state index in [-0.39, 0.29) is 17.8 Å². The van der Waals surface area contributed by atoms with Crippen LogP contribution in [0, 0.1) is 11.8 Å². The van der Waals surface area contributed by atoms with E-state index in [4.69, 9.17) is 28.1 Å². The Bertz CT molecular complexity index is 1010. The summed E-state index contributed by atoms with van der Waals surface area (Å²) in [4.78, 5) is 13.8. The number of Topliss-reactive ketones (excluding diaryl/α,β-unsaturated/α-hetero) is 1. The highest BCUT2D eigenvalue weighted by molar-refractivity contribution is 6.77. The molecule has 2 aliphatic rings. The van der Waals surface area contributed by atoms with E-state index in [0.29, 0.717) is 45.9 Å². The molecular formula is C30H48O7Si. The molecule has 3 rings (SSSR count). The first-order valence-electron chi connectivity index (χ1n) is 13.7. The maximum Gasteiger partial charge on any atom is 0.200 e. The van der Waals surface area contributed by atoms with Crippen molar-refractivity contribution in [1.29, 1.82) is 0 Å². The molecule has 1 fully saturated rings. The highest BCUT2D eigenvalue weighted by Crippen LogP contribution is 2.59. The number of fused-ring (bicyclic) bond motifs is 2. The Kier molecular flexibility index (Phi) is 9.44. The van der Waals surface area contributed by atoms with Gasteiger partial charge in [-0.15, -0.1) is 0 Å². The molecule has 8 heteroatoms. The van der Waals surface area contributed by atoms with Gasteiger partial charge in [0.05, 0.1) is 39.3 Å². The van der Waals surface area contributed by atoms with Gasteiger partial charge in [0.2, 0.25) is 8.32 Å². The molecule has 0 aliphatic heterocycles. The SMILES string of the molecule is COC1=C(C)C(=O)[C@@H]2C[C@H](O[Si](C(C)C)(C(C)C)C(C)C)[C@@H](c3ccc(OC)c(OC)c3)[C@@H]1C2(OC)OC. The molecule has 2 aliphatic carbocycles. The van der Waals surface area contributed by atoms with Crippen LogP contribution in [-0.2, 0) is 23.4 Å². The normalized spacial score (nSPS) is 25.4. The van der Waals surface area contributed by atoms with Gasteiger partial charge in [-0.25, -0.2) is 0 Å². The van der Waals surface area contributed by atoms with Crippen LogP contribution < -0.4 is 9.47 Å². The topological polar surface area (TPSA) is 72.5 Å². The molecule has 7 nitrogen and oxygen atoms in total. The summed E-state index contributed by atoms with van der Waals surface area (Å²) in [6.45, 7) is 15.5. The van der Waals surface area contributed by atoms with Crippen LogP contribution in [0.3, 0.4) is 0 Å². The molecule has 0 N–H and O–H groups in total. The molecule has 0 saturated heterocycles. The van der Waals surface area contributed by atoms with Gasteiger partial charge in [0.25, 0.3) is 0 Å². The highest BCUT2D eigenvalue weighted by Gasteiger charge is 2.65. The molecule has 4 atom stereocenters. The number of hydrogen-bond donors (Lipinski definition) is 0. The summed E-state index contributed by atoms with van der Waals surface area (Å²) in [6.07, 6.45) is 0.244. The number of ether oxygens (including phenoxy) is 5. The largest absolute Gasteiger partial charge is 0.500 e. The van der Waals surface area contributed by atoms with Gasteiger partial charge < -0.3 is 28.1 Å². The van der Waals surface area contributed by atoms with Crippen molar-refractivity contribution in [3.05, 3.63) is 35.1 Å². The van der Waals surface area contributed by atoms with Crippen LogP contribution in [0.4, 0.5) is 0 Å². The Morgan fingerprint density at radius 2 is 1.39 bits per heavy atom. The third kappa shape index (κ3) is 4.61. The van der Waals surface area contributed by atoms with Crippen molar-refractivity contribution < 1.29 is 32.9 Å². The van der Waals surface area contributed by atoms with Gasteiger partial charge >= 0.3 is 0 Å². The fourth-order valence-electron chi connectivity index (χ4n) is 7.64. The van der Waals surface area contributed by atoms with Crippen molar-refractivity contribution in [3.63, 3.8) is 0 Å². The zero-order valence-electron chi connectivity index (χ0n) is 25.3. The lowest BCUT2D eigenvalue weighted by Crippen LogP contribution is -2.65. The molecule has 214 valence electrons. The van der Waals surface area contributed by atoms with Crippen molar-refractivity contribution in [1.82, 2.24) is 0 Å². The van der Waals surface area contributed by atoms with Crippen LogP contribution in [0.25, 0.3) is 0 Å². The summed E-state index contributed by atoms with van der Waals surface area (Å²) in [5, 5.41) is 0. The first-order valence-corrected chi connectivity index (χ1v) is 15.8. The molecule has 0 amide bonds. The van der Waals surface area contributed by atoms with E-state index in [2.05, 4.69) is 47.6 Å². The summed E-state index contributed by atoms with van der Waals surface area (Å²) < 4.78 is 37.0. The molecule has 0 aromatic heterocycles. The smallest absolute Gasteiger partial charge is 0.200 e.